The number of hydrogen-bond acceptors (Lipinski definition) is 2. The first-order valence-electron chi connectivity index (χ1n) is 10.2. The van der Waals surface area contributed by atoms with Crippen LogP contribution in [-0.2, 0) is 11.2 Å². The average Bonchev–Trinajstić information content (AvgIpc) is 2.74. The lowest BCUT2D eigenvalue weighted by molar-refractivity contribution is -0.914. The molecule has 2 heterocycles. The average molecular weight is 367 g/mol. The van der Waals surface area contributed by atoms with E-state index < -0.39 is 0 Å². The Morgan fingerprint density at radius 2 is 1.96 bits per heavy atom. The highest BCUT2D eigenvalue weighted by Gasteiger charge is 2.33. The Morgan fingerprint density at radius 1 is 1.19 bits per heavy atom. The van der Waals surface area contributed by atoms with Crippen molar-refractivity contribution in [3.63, 3.8) is 0 Å². The lowest BCUT2D eigenvalue weighted by Crippen LogP contribution is -3.19. The Kier molecular flexibility index (Phi) is 5.39. The minimum absolute atomic E-state index is 0.0130. The molecule has 142 valence electrons. The van der Waals surface area contributed by atoms with Crippen LogP contribution in [0.25, 0.3) is 0 Å². The van der Waals surface area contributed by atoms with Gasteiger partial charge in [0.25, 0.3) is 11.7 Å². The Morgan fingerprint density at radius 3 is 2.74 bits per heavy atom. The monoisotopic (exact) mass is 366 g/mol. The zero-order valence-corrected chi connectivity index (χ0v) is 16.1. The molecule has 0 radical (unpaired) electrons. The quantitative estimate of drug-likeness (QED) is 0.841. The molecular weight excluding hydrogens is 336 g/mol. The zero-order valence-electron chi connectivity index (χ0n) is 16.1. The molecule has 3 N–H and O–H groups in total. The number of rotatable bonds is 4. The number of nitrogens with zero attached hydrogens (tertiary/aromatic N) is 1. The first-order chi connectivity index (χ1) is 13.2. The summed E-state index contributed by atoms with van der Waals surface area (Å²) in [5.41, 5.74) is 2.70. The van der Waals surface area contributed by atoms with Crippen molar-refractivity contribution in [3.05, 3.63) is 59.8 Å². The highest BCUT2D eigenvalue weighted by molar-refractivity contribution is 5.80. The first kappa shape index (κ1) is 18.0. The van der Waals surface area contributed by atoms with Gasteiger partial charge in [0.1, 0.15) is 26.2 Å². The van der Waals surface area contributed by atoms with Crippen LogP contribution in [-0.4, -0.2) is 38.1 Å². The molecule has 0 bridgehead atoms. The standard InChI is InChI=1S/C22H28N4O/c1-17(25-13-15-26(16-14-25)21-11-4-5-12-23-21)22(27)24-20-10-6-8-18-7-2-3-9-19(18)20/h2-5,7,9,11-12,17,20H,6,8,10,13-16H2,1H3,(H,24,27)/p+2/t17-,20+/m1/s1. The number of nitrogens with one attached hydrogen (secondary N) is 3. The SMILES string of the molecule is C[C@H](C(=O)N[C@H]1CCCc2ccccc21)[NH+]1CCN(c2cccc[nH+]2)CC1. The predicted octanol–water partition coefficient (Wildman–Crippen LogP) is 0.788. The molecule has 0 saturated carbocycles. The predicted molar refractivity (Wildman–Crippen MR) is 106 cm³/mol. The van der Waals surface area contributed by atoms with Crippen molar-refractivity contribution in [1.29, 1.82) is 0 Å². The van der Waals surface area contributed by atoms with E-state index in [4.69, 9.17) is 0 Å². The number of hydrogen-bond donors (Lipinski definition) is 2. The third-order valence-electron chi connectivity index (χ3n) is 6.13. The second-order valence-electron chi connectivity index (χ2n) is 7.77. The fourth-order valence-corrected chi connectivity index (χ4v) is 4.43. The molecule has 1 saturated heterocycles. The molecule has 0 unspecified atom stereocenters. The fraction of sp³-hybridized carbons (Fsp3) is 0.455. The van der Waals surface area contributed by atoms with Gasteiger partial charge in [0.15, 0.2) is 6.04 Å². The minimum Gasteiger partial charge on any atom is -0.344 e. The number of aromatic nitrogens is 1. The summed E-state index contributed by atoms with van der Waals surface area (Å²) in [4.78, 5) is 20.0. The Balaban J connectivity index is 1.34. The van der Waals surface area contributed by atoms with Gasteiger partial charge in [-0.3, -0.25) is 9.69 Å². The van der Waals surface area contributed by atoms with E-state index in [1.165, 1.54) is 16.0 Å². The van der Waals surface area contributed by atoms with Gasteiger partial charge in [0, 0.05) is 6.07 Å². The van der Waals surface area contributed by atoms with Gasteiger partial charge >= 0.3 is 0 Å². The van der Waals surface area contributed by atoms with E-state index in [1.807, 2.05) is 12.3 Å². The number of H-pyrrole nitrogens is 1. The molecule has 1 fully saturated rings. The Bertz CT molecular complexity index is 771. The third kappa shape index (κ3) is 3.98. The van der Waals surface area contributed by atoms with E-state index in [2.05, 4.69) is 58.5 Å². The van der Waals surface area contributed by atoms with Crippen LogP contribution in [0, 0.1) is 0 Å². The van der Waals surface area contributed by atoms with Crippen molar-refractivity contribution < 1.29 is 14.7 Å². The number of piperazine rings is 1. The minimum atomic E-state index is -0.0130. The van der Waals surface area contributed by atoms with Crippen LogP contribution in [0.4, 0.5) is 5.82 Å². The molecule has 5 nitrogen and oxygen atoms in total. The van der Waals surface area contributed by atoms with Crippen molar-refractivity contribution in [2.45, 2.75) is 38.3 Å². The number of amides is 1. The van der Waals surface area contributed by atoms with Gasteiger partial charge in [0.2, 0.25) is 0 Å². The highest BCUT2D eigenvalue weighted by Crippen LogP contribution is 2.29. The van der Waals surface area contributed by atoms with E-state index in [0.717, 1.165) is 51.3 Å². The molecule has 1 aromatic heterocycles. The number of pyridine rings is 1. The van der Waals surface area contributed by atoms with Gasteiger partial charge in [-0.1, -0.05) is 30.3 Å². The third-order valence-corrected chi connectivity index (χ3v) is 6.13. The van der Waals surface area contributed by atoms with Crippen LogP contribution in [0.1, 0.15) is 36.9 Å². The molecule has 5 heteroatoms. The maximum Gasteiger partial charge on any atom is 0.278 e. The summed E-state index contributed by atoms with van der Waals surface area (Å²) in [6.45, 7) is 5.99. The molecule has 1 aliphatic carbocycles. The molecule has 1 aromatic carbocycles. The fourth-order valence-electron chi connectivity index (χ4n) is 4.43. The van der Waals surface area contributed by atoms with E-state index in [0.29, 0.717) is 0 Å². The zero-order chi connectivity index (χ0) is 18.6. The topological polar surface area (TPSA) is 50.9 Å². The largest absolute Gasteiger partial charge is 0.344 e. The van der Waals surface area contributed by atoms with Gasteiger partial charge < -0.3 is 10.2 Å². The van der Waals surface area contributed by atoms with Crippen LogP contribution in [0.3, 0.4) is 0 Å². The summed E-state index contributed by atoms with van der Waals surface area (Å²) < 4.78 is 0. The summed E-state index contributed by atoms with van der Waals surface area (Å²) in [6.07, 6.45) is 5.28. The lowest BCUT2D eigenvalue weighted by Gasteiger charge is -2.33. The maximum absolute atomic E-state index is 12.9. The summed E-state index contributed by atoms with van der Waals surface area (Å²) in [5, 5.41) is 3.34. The van der Waals surface area contributed by atoms with Gasteiger partial charge in [-0.2, -0.15) is 0 Å². The van der Waals surface area contributed by atoms with Crippen LogP contribution in [0.2, 0.25) is 0 Å². The normalized spacial score (nSPS) is 21.4. The molecule has 0 spiro atoms. The molecular formula is C22H30N4O+2. The Labute approximate surface area is 161 Å². The number of fused-ring (bicyclic) bond motifs is 1. The molecule has 1 amide bonds. The van der Waals surface area contributed by atoms with Gasteiger partial charge in [-0.15, -0.1) is 0 Å². The van der Waals surface area contributed by atoms with Gasteiger partial charge in [-0.25, -0.2) is 4.98 Å². The van der Waals surface area contributed by atoms with Gasteiger partial charge in [-0.05, 0) is 43.4 Å². The Hall–Kier alpha value is -2.40. The number of carbonyl (C=O) groups is 1. The number of carbonyl (C=O) groups excluding carboxylic acids is 1. The van der Waals surface area contributed by atoms with Crippen LogP contribution in [0.15, 0.2) is 48.7 Å². The van der Waals surface area contributed by atoms with Crippen molar-refractivity contribution in [2.24, 2.45) is 0 Å². The summed E-state index contributed by atoms with van der Waals surface area (Å²) in [7, 11) is 0. The van der Waals surface area contributed by atoms with Crippen LogP contribution >= 0.6 is 0 Å². The summed E-state index contributed by atoms with van der Waals surface area (Å²) in [5.74, 6) is 1.35. The summed E-state index contributed by atoms with van der Waals surface area (Å²) in [6, 6.07) is 14.9. The molecule has 2 aliphatic rings. The summed E-state index contributed by atoms with van der Waals surface area (Å²) >= 11 is 0. The van der Waals surface area contributed by atoms with Crippen molar-refractivity contribution >= 4 is 11.7 Å². The molecule has 2 aromatic rings. The number of aromatic amines is 1. The van der Waals surface area contributed by atoms with Crippen LogP contribution in [0.5, 0.6) is 0 Å². The number of benzene rings is 1. The molecule has 4 rings (SSSR count). The van der Waals surface area contributed by atoms with E-state index in [-0.39, 0.29) is 18.0 Å². The second kappa shape index (κ2) is 8.09. The van der Waals surface area contributed by atoms with E-state index >= 15 is 0 Å². The van der Waals surface area contributed by atoms with E-state index in [1.54, 1.807) is 0 Å². The smallest absolute Gasteiger partial charge is 0.278 e. The number of anilines is 1. The first-order valence-corrected chi connectivity index (χ1v) is 10.2. The van der Waals surface area contributed by atoms with Crippen LogP contribution < -0.4 is 20.1 Å². The molecule has 1 aliphatic heterocycles. The molecule has 2 atom stereocenters. The number of quaternary nitrogens is 1. The van der Waals surface area contributed by atoms with Crippen molar-refractivity contribution in [2.75, 3.05) is 31.1 Å². The van der Waals surface area contributed by atoms with E-state index in [9.17, 15) is 4.79 Å². The van der Waals surface area contributed by atoms with Gasteiger partial charge in [0.05, 0.1) is 12.2 Å². The molecule has 27 heavy (non-hydrogen) atoms. The lowest BCUT2D eigenvalue weighted by atomic mass is 9.87. The van der Waals surface area contributed by atoms with Crippen molar-refractivity contribution in [1.82, 2.24) is 5.32 Å². The highest BCUT2D eigenvalue weighted by atomic mass is 16.2. The number of aryl methyl sites for hydroxylation is 1. The van der Waals surface area contributed by atoms with Crippen molar-refractivity contribution in [3.8, 4) is 0 Å². The second-order valence-corrected chi connectivity index (χ2v) is 7.77. The maximum atomic E-state index is 12.9.